The number of pyridine rings is 1. The summed E-state index contributed by atoms with van der Waals surface area (Å²) >= 11 is 0. The highest BCUT2D eigenvalue weighted by Gasteiger charge is 2.18. The third kappa shape index (κ3) is 3.92. The molecule has 1 aliphatic rings. The predicted octanol–water partition coefficient (Wildman–Crippen LogP) is 1.92. The molecule has 5 heteroatoms. The van der Waals surface area contributed by atoms with Gasteiger partial charge in [0, 0.05) is 18.8 Å². The Morgan fingerprint density at radius 3 is 2.89 bits per heavy atom. The quantitative estimate of drug-likeness (QED) is 0.787. The second-order valence-corrected chi connectivity index (χ2v) is 4.67. The molecule has 1 saturated carbocycles. The van der Waals surface area contributed by atoms with Gasteiger partial charge in [0.2, 0.25) is 0 Å². The number of halogens is 1. The molecule has 0 atom stereocenters. The Balaban J connectivity index is 1.63. The zero-order valence-electron chi connectivity index (χ0n) is 10.4. The molecule has 100 valence electrons. The second-order valence-electron chi connectivity index (χ2n) is 4.67. The van der Waals surface area contributed by atoms with E-state index in [1.54, 1.807) is 12.3 Å². The van der Waals surface area contributed by atoms with Gasteiger partial charge < -0.3 is 15.8 Å². The van der Waals surface area contributed by atoms with E-state index < -0.39 is 0 Å². The van der Waals surface area contributed by atoms with Crippen LogP contribution < -0.4 is 11.1 Å². The lowest BCUT2D eigenvalue weighted by Crippen LogP contribution is -2.31. The van der Waals surface area contributed by atoms with E-state index in [-0.39, 0.29) is 11.6 Å². The number of nitrogens with one attached hydrogen (secondary N) is 1. The van der Waals surface area contributed by atoms with Gasteiger partial charge in [-0.05, 0) is 37.8 Å². The maximum absolute atomic E-state index is 13.2. The fourth-order valence-corrected chi connectivity index (χ4v) is 2.17. The molecule has 1 heterocycles. The van der Waals surface area contributed by atoms with Crippen molar-refractivity contribution in [1.29, 1.82) is 0 Å². The molecule has 0 unspecified atom stereocenters. The molecule has 1 aromatic rings. The van der Waals surface area contributed by atoms with E-state index in [1.807, 2.05) is 0 Å². The molecular weight excluding hydrogens is 233 g/mol. The summed E-state index contributed by atoms with van der Waals surface area (Å²) in [7, 11) is 0. The molecule has 0 aliphatic heterocycles. The summed E-state index contributed by atoms with van der Waals surface area (Å²) in [5.74, 6) is -0.0482. The molecule has 1 fully saturated rings. The van der Waals surface area contributed by atoms with Crippen molar-refractivity contribution in [2.45, 2.75) is 37.8 Å². The van der Waals surface area contributed by atoms with Crippen LogP contribution in [0.3, 0.4) is 0 Å². The number of anilines is 1. The summed E-state index contributed by atoms with van der Waals surface area (Å²) in [6.07, 6.45) is 5.99. The summed E-state index contributed by atoms with van der Waals surface area (Å²) in [6, 6.07) is 3.30. The summed E-state index contributed by atoms with van der Waals surface area (Å²) < 4.78 is 19.0. The number of nitrogens with zero attached hydrogens (tertiary/aromatic N) is 1. The fourth-order valence-electron chi connectivity index (χ4n) is 2.17. The highest BCUT2D eigenvalue weighted by Crippen LogP contribution is 2.19. The van der Waals surface area contributed by atoms with Crippen molar-refractivity contribution >= 4 is 5.82 Å². The van der Waals surface area contributed by atoms with Crippen LogP contribution in [0.5, 0.6) is 0 Å². The molecule has 0 spiro atoms. The predicted molar refractivity (Wildman–Crippen MR) is 68.9 cm³/mol. The van der Waals surface area contributed by atoms with Crippen LogP contribution in [0, 0.1) is 5.82 Å². The number of ether oxygens (including phenoxy) is 1. The van der Waals surface area contributed by atoms with Crippen LogP contribution >= 0.6 is 0 Å². The van der Waals surface area contributed by atoms with Crippen molar-refractivity contribution in [2.24, 2.45) is 5.73 Å². The van der Waals surface area contributed by atoms with Gasteiger partial charge >= 0.3 is 0 Å². The highest BCUT2D eigenvalue weighted by atomic mass is 19.1. The highest BCUT2D eigenvalue weighted by molar-refractivity contribution is 5.35. The molecule has 18 heavy (non-hydrogen) atoms. The van der Waals surface area contributed by atoms with Crippen molar-refractivity contribution in [1.82, 2.24) is 4.98 Å². The normalized spacial score (nSPS) is 23.9. The first-order valence-electron chi connectivity index (χ1n) is 6.47. The Labute approximate surface area is 107 Å². The van der Waals surface area contributed by atoms with E-state index in [0.29, 0.717) is 25.3 Å². The number of nitrogens with two attached hydrogens (primary N) is 1. The molecule has 0 aromatic carbocycles. The minimum absolute atomic E-state index is 0.284. The topological polar surface area (TPSA) is 60.2 Å². The smallest absolute Gasteiger partial charge is 0.165 e. The lowest BCUT2D eigenvalue weighted by molar-refractivity contribution is 0.0312. The van der Waals surface area contributed by atoms with Crippen LogP contribution in [0.15, 0.2) is 18.3 Å². The Hall–Kier alpha value is -1.20. The molecule has 4 nitrogen and oxygen atoms in total. The Morgan fingerprint density at radius 1 is 1.39 bits per heavy atom. The van der Waals surface area contributed by atoms with Crippen molar-refractivity contribution in [2.75, 3.05) is 18.5 Å². The Bertz CT molecular complexity index is 367. The number of hydrogen-bond donors (Lipinski definition) is 2. The van der Waals surface area contributed by atoms with Crippen LogP contribution in [0.2, 0.25) is 0 Å². The molecule has 0 bridgehead atoms. The maximum atomic E-state index is 13.2. The fraction of sp³-hybridized carbons (Fsp3) is 0.615. The van der Waals surface area contributed by atoms with Crippen LogP contribution in [0.1, 0.15) is 25.7 Å². The van der Waals surface area contributed by atoms with Crippen molar-refractivity contribution in [3.8, 4) is 0 Å². The summed E-state index contributed by atoms with van der Waals surface area (Å²) in [6.45, 7) is 1.13. The monoisotopic (exact) mass is 253 g/mol. The van der Waals surface area contributed by atoms with E-state index in [2.05, 4.69) is 10.3 Å². The average Bonchev–Trinajstić information content (AvgIpc) is 2.39. The van der Waals surface area contributed by atoms with Gasteiger partial charge in [0.25, 0.3) is 0 Å². The van der Waals surface area contributed by atoms with E-state index >= 15 is 0 Å². The minimum atomic E-state index is -0.332. The van der Waals surface area contributed by atoms with Gasteiger partial charge in [-0.1, -0.05) is 0 Å². The molecule has 1 aliphatic carbocycles. The van der Waals surface area contributed by atoms with Crippen molar-refractivity contribution in [3.63, 3.8) is 0 Å². The Morgan fingerprint density at radius 2 is 2.17 bits per heavy atom. The van der Waals surface area contributed by atoms with E-state index in [0.717, 1.165) is 25.7 Å². The van der Waals surface area contributed by atoms with E-state index in [4.69, 9.17) is 10.5 Å². The first kappa shape index (κ1) is 13.2. The maximum Gasteiger partial charge on any atom is 0.165 e. The third-order valence-electron chi connectivity index (χ3n) is 3.23. The van der Waals surface area contributed by atoms with E-state index in [1.165, 1.54) is 6.07 Å². The van der Waals surface area contributed by atoms with Crippen LogP contribution in [0.25, 0.3) is 0 Å². The summed E-state index contributed by atoms with van der Waals surface area (Å²) in [5.41, 5.74) is 5.83. The van der Waals surface area contributed by atoms with E-state index in [9.17, 15) is 4.39 Å². The molecular formula is C13H20FN3O. The molecule has 1 aromatic heterocycles. The zero-order chi connectivity index (χ0) is 12.8. The lowest BCUT2D eigenvalue weighted by atomic mass is 9.94. The van der Waals surface area contributed by atoms with Gasteiger partial charge in [-0.3, -0.25) is 0 Å². The number of rotatable bonds is 5. The first-order valence-corrected chi connectivity index (χ1v) is 6.47. The lowest BCUT2D eigenvalue weighted by Gasteiger charge is -2.26. The molecule has 2 rings (SSSR count). The third-order valence-corrected chi connectivity index (χ3v) is 3.23. The zero-order valence-corrected chi connectivity index (χ0v) is 10.4. The van der Waals surface area contributed by atoms with Crippen LogP contribution in [-0.2, 0) is 4.74 Å². The SMILES string of the molecule is NC1CCC(OCCNc2ncccc2F)CC1. The van der Waals surface area contributed by atoms with Gasteiger partial charge in [-0.2, -0.15) is 0 Å². The summed E-state index contributed by atoms with van der Waals surface area (Å²) in [4.78, 5) is 3.91. The standard InChI is InChI=1S/C13H20FN3O/c14-12-2-1-7-16-13(12)17-8-9-18-11-5-3-10(15)4-6-11/h1-2,7,10-11H,3-6,8-9,15H2,(H,16,17). The molecule has 0 saturated heterocycles. The second kappa shape index (κ2) is 6.66. The molecule has 0 radical (unpaired) electrons. The Kier molecular flexibility index (Phi) is 4.90. The minimum Gasteiger partial charge on any atom is -0.376 e. The van der Waals surface area contributed by atoms with Crippen molar-refractivity contribution < 1.29 is 9.13 Å². The summed E-state index contributed by atoms with van der Waals surface area (Å²) in [5, 5.41) is 2.93. The molecule has 3 N–H and O–H groups in total. The largest absolute Gasteiger partial charge is 0.376 e. The van der Waals surface area contributed by atoms with Crippen LogP contribution in [-0.4, -0.2) is 30.3 Å². The number of aromatic nitrogens is 1. The average molecular weight is 253 g/mol. The van der Waals surface area contributed by atoms with Gasteiger partial charge in [-0.25, -0.2) is 9.37 Å². The molecule has 0 amide bonds. The van der Waals surface area contributed by atoms with Gasteiger partial charge in [-0.15, -0.1) is 0 Å². The number of hydrogen-bond acceptors (Lipinski definition) is 4. The van der Waals surface area contributed by atoms with Crippen molar-refractivity contribution in [3.05, 3.63) is 24.1 Å². The van der Waals surface area contributed by atoms with Gasteiger partial charge in [0.05, 0.1) is 12.7 Å². The van der Waals surface area contributed by atoms with Crippen LogP contribution in [0.4, 0.5) is 10.2 Å². The van der Waals surface area contributed by atoms with Gasteiger partial charge in [0.1, 0.15) is 0 Å². The first-order chi connectivity index (χ1) is 8.75. The van der Waals surface area contributed by atoms with Gasteiger partial charge in [0.15, 0.2) is 11.6 Å².